The number of imide groups is 2. The Hall–Kier alpha value is -5.80. The zero-order valence-corrected chi connectivity index (χ0v) is 32.6. The molecule has 5 fully saturated rings. The van der Waals surface area contributed by atoms with Crippen LogP contribution in [-0.2, 0) is 26.1 Å². The minimum absolute atomic E-state index is 0.0604. The molecule has 5 amide bonds. The number of amides is 5. The summed E-state index contributed by atoms with van der Waals surface area (Å²) in [6, 6.07) is 9.74. The van der Waals surface area contributed by atoms with Gasteiger partial charge in [0, 0.05) is 75.3 Å². The highest BCUT2D eigenvalue weighted by molar-refractivity contribution is 6.23. The molecule has 308 valence electrons. The number of anilines is 3. The zero-order chi connectivity index (χ0) is 41.6. The number of hydrogen-bond donors (Lipinski definition) is 2. The maximum absolute atomic E-state index is 13.5. The molecule has 15 nitrogen and oxygen atoms in total. The van der Waals surface area contributed by atoms with Gasteiger partial charge in [-0.15, -0.1) is 0 Å². The van der Waals surface area contributed by atoms with Crippen LogP contribution in [0.1, 0.15) is 71.4 Å². The van der Waals surface area contributed by atoms with Gasteiger partial charge < -0.3 is 15.1 Å². The van der Waals surface area contributed by atoms with Gasteiger partial charge in [-0.25, -0.2) is 0 Å². The molecule has 1 spiro atoms. The average molecular weight is 813 g/mol. The molecule has 1 aromatic heterocycles. The predicted molar refractivity (Wildman–Crippen MR) is 206 cm³/mol. The Bertz CT molecular complexity index is 2310. The smallest absolute Gasteiger partial charge is 0.368 e. The second-order valence-electron chi connectivity index (χ2n) is 17.3. The molecule has 9 rings (SSSR count). The number of hydrogen-bond acceptors (Lipinski definition) is 11. The number of piperidine rings is 2. The molecule has 5 saturated heterocycles. The molecule has 1 atom stereocenters. The quantitative estimate of drug-likeness (QED) is 0.321. The van der Waals surface area contributed by atoms with Crippen molar-refractivity contribution in [2.45, 2.75) is 69.4 Å². The third kappa shape index (κ3) is 6.69. The summed E-state index contributed by atoms with van der Waals surface area (Å²) in [5.41, 5.74) is -0.264. The van der Waals surface area contributed by atoms with Crippen molar-refractivity contribution in [1.29, 1.82) is 5.26 Å². The Morgan fingerprint density at radius 1 is 0.898 bits per heavy atom. The standard InChI is InChI=1S/C41H43F3N10O5/c1-39(2,38(59)47-25-4-3-24(15-45)32(13-25)41(42,43)44)53-21-27(16-46-53)51-19-29(20-51)52-22-40(23-52)9-11-49(12-10-40)28-17-50(18-28)26-5-6-30-31(14-26)37(58)54(36(30)57)33-7-8-34(55)48-35(33)56/h3-6,13-14,16,21,28-29,33H,7-12,17-20,22-23H2,1-2H3,(H,47,59)(H,48,55,56). The fourth-order valence-electron chi connectivity index (χ4n) is 9.33. The fraction of sp³-hybridized carbons (Fsp3) is 0.488. The van der Waals surface area contributed by atoms with Crippen molar-refractivity contribution in [3.63, 3.8) is 0 Å². The van der Waals surface area contributed by atoms with E-state index in [0.29, 0.717) is 23.1 Å². The van der Waals surface area contributed by atoms with Crippen LogP contribution in [0.25, 0.3) is 0 Å². The molecular formula is C41H43F3N10O5. The molecule has 2 N–H and O–H groups in total. The number of carbonyl (C=O) groups excluding carboxylic acids is 5. The summed E-state index contributed by atoms with van der Waals surface area (Å²) in [5, 5.41) is 18.3. The summed E-state index contributed by atoms with van der Waals surface area (Å²) >= 11 is 0. The van der Waals surface area contributed by atoms with Gasteiger partial charge in [0.15, 0.2) is 0 Å². The molecule has 18 heteroatoms. The van der Waals surface area contributed by atoms with E-state index in [4.69, 9.17) is 5.26 Å². The van der Waals surface area contributed by atoms with Gasteiger partial charge in [0.25, 0.3) is 17.7 Å². The third-order valence-electron chi connectivity index (χ3n) is 13.2. The summed E-state index contributed by atoms with van der Waals surface area (Å²) in [4.78, 5) is 74.2. The van der Waals surface area contributed by atoms with Crippen LogP contribution in [0.3, 0.4) is 0 Å². The zero-order valence-electron chi connectivity index (χ0n) is 32.6. The van der Waals surface area contributed by atoms with Gasteiger partial charge in [-0.05, 0) is 88.0 Å². The van der Waals surface area contributed by atoms with Gasteiger partial charge in [0.05, 0.1) is 40.2 Å². The number of nitrogens with zero attached hydrogens (tertiary/aromatic N) is 8. The molecule has 0 bridgehead atoms. The van der Waals surface area contributed by atoms with Crippen LogP contribution in [0.2, 0.25) is 0 Å². The van der Waals surface area contributed by atoms with Crippen LogP contribution >= 0.6 is 0 Å². The lowest BCUT2D eigenvalue weighted by molar-refractivity contribution is -0.138. The molecule has 1 unspecified atom stereocenters. The number of rotatable bonds is 8. The lowest BCUT2D eigenvalue weighted by atomic mass is 9.70. The van der Waals surface area contributed by atoms with Gasteiger partial charge in [-0.1, -0.05) is 0 Å². The molecule has 3 aromatic rings. The monoisotopic (exact) mass is 812 g/mol. The SMILES string of the molecule is CC(C)(C(=O)Nc1ccc(C#N)c(C(F)(F)F)c1)n1cc(N2CC(N3CC4(CCN(C5CN(c6ccc7c(c6)C(=O)N(C6CCC(=O)NC6=O)C7=O)C5)CC4)C3)C2)cn1. The Morgan fingerprint density at radius 3 is 2.22 bits per heavy atom. The van der Waals surface area contributed by atoms with Crippen LogP contribution in [0.4, 0.5) is 30.2 Å². The summed E-state index contributed by atoms with van der Waals surface area (Å²) in [5.74, 6) is -2.57. The molecule has 0 aliphatic carbocycles. The van der Waals surface area contributed by atoms with E-state index < -0.39 is 58.4 Å². The lowest BCUT2D eigenvalue weighted by Crippen LogP contribution is -2.71. The van der Waals surface area contributed by atoms with Gasteiger partial charge in [-0.3, -0.25) is 48.7 Å². The Kier molecular flexibility index (Phi) is 9.12. The van der Waals surface area contributed by atoms with Crippen molar-refractivity contribution in [1.82, 2.24) is 29.8 Å². The summed E-state index contributed by atoms with van der Waals surface area (Å²) in [6.07, 6.45) is 1.21. The summed E-state index contributed by atoms with van der Waals surface area (Å²) in [6.45, 7) is 10.8. The number of nitrogens with one attached hydrogen (secondary N) is 2. The van der Waals surface area contributed by atoms with Gasteiger partial charge in [0.1, 0.15) is 11.6 Å². The molecule has 2 aromatic carbocycles. The first-order valence-electron chi connectivity index (χ1n) is 19.9. The highest BCUT2D eigenvalue weighted by Gasteiger charge is 2.51. The number of likely N-dealkylation sites (tertiary alicyclic amines) is 2. The normalized spacial score (nSPS) is 22.8. The maximum atomic E-state index is 13.5. The topological polar surface area (TPSA) is 167 Å². The molecule has 6 aliphatic heterocycles. The van der Waals surface area contributed by atoms with Gasteiger partial charge in [-0.2, -0.15) is 23.5 Å². The van der Waals surface area contributed by atoms with Gasteiger partial charge >= 0.3 is 6.18 Å². The minimum Gasteiger partial charge on any atom is -0.368 e. The average Bonchev–Trinajstić information content (AvgIpc) is 3.73. The molecule has 0 saturated carbocycles. The molecule has 59 heavy (non-hydrogen) atoms. The second kappa shape index (κ2) is 13.9. The molecule has 0 radical (unpaired) electrons. The van der Waals surface area contributed by atoms with Crippen LogP contribution in [0.5, 0.6) is 0 Å². The van der Waals surface area contributed by atoms with E-state index in [9.17, 15) is 37.1 Å². The number of benzene rings is 2. The molecule has 7 heterocycles. The van der Waals surface area contributed by atoms with E-state index >= 15 is 0 Å². The Morgan fingerprint density at radius 2 is 1.56 bits per heavy atom. The largest absolute Gasteiger partial charge is 0.417 e. The number of nitriles is 1. The first-order valence-corrected chi connectivity index (χ1v) is 19.9. The van der Waals surface area contributed by atoms with E-state index in [2.05, 4.69) is 35.3 Å². The van der Waals surface area contributed by atoms with Crippen LogP contribution in [0.15, 0.2) is 48.8 Å². The lowest BCUT2D eigenvalue weighted by Gasteiger charge is -2.61. The first kappa shape index (κ1) is 38.7. The van der Waals surface area contributed by atoms with Crippen LogP contribution in [-0.4, -0.2) is 124 Å². The van der Waals surface area contributed by atoms with Crippen molar-refractivity contribution >= 4 is 46.6 Å². The van der Waals surface area contributed by atoms with Crippen molar-refractivity contribution in [3.8, 4) is 6.07 Å². The number of aromatic nitrogens is 2. The van der Waals surface area contributed by atoms with Crippen LogP contribution in [0, 0.1) is 16.7 Å². The Labute approximate surface area is 337 Å². The number of alkyl halides is 3. The van der Waals surface area contributed by atoms with E-state index in [0.717, 1.165) is 93.6 Å². The van der Waals surface area contributed by atoms with Crippen molar-refractivity contribution in [2.24, 2.45) is 5.41 Å². The number of carbonyl (C=O) groups is 5. The molecule has 6 aliphatic rings. The van der Waals surface area contributed by atoms with Crippen molar-refractivity contribution < 1.29 is 37.1 Å². The maximum Gasteiger partial charge on any atom is 0.417 e. The fourth-order valence-corrected chi connectivity index (χ4v) is 9.33. The van der Waals surface area contributed by atoms with E-state index in [-0.39, 0.29) is 24.1 Å². The first-order chi connectivity index (χ1) is 28.0. The number of halogens is 3. The predicted octanol–water partition coefficient (Wildman–Crippen LogP) is 3.02. The number of fused-ring (bicyclic) bond motifs is 1. The highest BCUT2D eigenvalue weighted by atomic mass is 19.4. The second-order valence-corrected chi connectivity index (χ2v) is 17.3. The van der Waals surface area contributed by atoms with Crippen LogP contribution < -0.4 is 20.4 Å². The summed E-state index contributed by atoms with van der Waals surface area (Å²) < 4.78 is 41.9. The Balaban J connectivity index is 0.720. The molecular weight excluding hydrogens is 770 g/mol. The summed E-state index contributed by atoms with van der Waals surface area (Å²) in [7, 11) is 0. The van der Waals surface area contributed by atoms with E-state index in [1.165, 1.54) is 10.7 Å². The van der Waals surface area contributed by atoms with E-state index in [1.807, 2.05) is 6.07 Å². The highest BCUT2D eigenvalue weighted by Crippen LogP contribution is 2.44. The third-order valence-corrected chi connectivity index (χ3v) is 13.2. The van der Waals surface area contributed by atoms with Gasteiger partial charge in [0.2, 0.25) is 11.8 Å². The minimum atomic E-state index is -4.74. The van der Waals surface area contributed by atoms with Crippen molar-refractivity contribution in [2.75, 3.05) is 67.5 Å². The van der Waals surface area contributed by atoms with Crippen molar-refractivity contribution in [3.05, 3.63) is 71.0 Å². The van der Waals surface area contributed by atoms with E-state index in [1.54, 1.807) is 44.4 Å².